The third-order valence-electron chi connectivity index (χ3n) is 3.10. The maximum absolute atomic E-state index is 12.3. The molecule has 1 atom stereocenters. The van der Waals surface area contributed by atoms with Gasteiger partial charge < -0.3 is 4.90 Å². The van der Waals surface area contributed by atoms with E-state index in [0.717, 1.165) is 36.7 Å². The Morgan fingerprint density at radius 1 is 1.47 bits per heavy atom. The van der Waals surface area contributed by atoms with E-state index in [0.29, 0.717) is 6.54 Å². The van der Waals surface area contributed by atoms with Crippen LogP contribution in [0.25, 0.3) is 0 Å². The molecule has 1 aliphatic rings. The minimum Gasteiger partial charge on any atom is -0.338 e. The summed E-state index contributed by atoms with van der Waals surface area (Å²) in [5, 5.41) is 0. The van der Waals surface area contributed by atoms with Crippen LogP contribution in [-0.4, -0.2) is 59.4 Å². The second kappa shape index (κ2) is 7.07. The van der Waals surface area contributed by atoms with Gasteiger partial charge in [-0.25, -0.2) is 0 Å². The largest absolute Gasteiger partial charge is 0.338 e. The fourth-order valence-electron chi connectivity index (χ4n) is 2.06. The van der Waals surface area contributed by atoms with E-state index in [1.165, 1.54) is 0 Å². The van der Waals surface area contributed by atoms with Crippen molar-refractivity contribution in [3.8, 4) is 0 Å². The lowest BCUT2D eigenvalue weighted by Gasteiger charge is -2.34. The van der Waals surface area contributed by atoms with Gasteiger partial charge in [0.1, 0.15) is 0 Å². The number of hydrogen-bond donors (Lipinski definition) is 0. The number of carbonyl (C=O) groups excluding carboxylic acids is 1. The molecule has 0 radical (unpaired) electrons. The van der Waals surface area contributed by atoms with Crippen LogP contribution in [-0.2, 0) is 4.79 Å². The van der Waals surface area contributed by atoms with E-state index >= 15 is 0 Å². The van der Waals surface area contributed by atoms with E-state index in [4.69, 9.17) is 0 Å². The van der Waals surface area contributed by atoms with E-state index in [2.05, 4.69) is 11.5 Å². The first kappa shape index (κ1) is 14.6. The maximum Gasteiger partial charge on any atom is 0.239 e. The number of likely N-dealkylation sites (N-methyl/N-ethyl adjacent to an activating group) is 1. The lowest BCUT2D eigenvalue weighted by Crippen LogP contribution is -2.50. The highest BCUT2D eigenvalue weighted by atomic mass is 32.2. The average Bonchev–Trinajstić information content (AvgIpc) is 2.35. The third kappa shape index (κ3) is 4.36. The second-order valence-electron chi connectivity index (χ2n) is 4.63. The smallest absolute Gasteiger partial charge is 0.239 e. The zero-order valence-corrected chi connectivity index (χ0v) is 12.1. The number of thioether (sulfide) groups is 1. The summed E-state index contributed by atoms with van der Waals surface area (Å²) in [6.07, 6.45) is 0. The SMILES string of the molecule is C=C(C)CN(CC)C(=O)C(C)N1CCSCC1. The van der Waals surface area contributed by atoms with Crippen molar-refractivity contribution in [2.45, 2.75) is 26.8 Å². The topological polar surface area (TPSA) is 23.6 Å². The van der Waals surface area contributed by atoms with Gasteiger partial charge in [-0.3, -0.25) is 9.69 Å². The van der Waals surface area contributed by atoms with Crippen LogP contribution >= 0.6 is 11.8 Å². The molecule has 1 amide bonds. The van der Waals surface area contributed by atoms with Crippen molar-refractivity contribution in [2.24, 2.45) is 0 Å². The van der Waals surface area contributed by atoms with E-state index in [-0.39, 0.29) is 11.9 Å². The normalized spacial score (nSPS) is 18.8. The highest BCUT2D eigenvalue weighted by Crippen LogP contribution is 2.14. The molecule has 98 valence electrons. The first-order chi connectivity index (χ1) is 8.06. The number of nitrogens with zero attached hydrogens (tertiary/aromatic N) is 2. The van der Waals surface area contributed by atoms with E-state index in [1.807, 2.05) is 37.4 Å². The molecule has 1 saturated heterocycles. The summed E-state index contributed by atoms with van der Waals surface area (Å²) in [7, 11) is 0. The predicted octanol–water partition coefficient (Wildman–Crippen LogP) is 1.85. The molecule has 0 aromatic rings. The lowest BCUT2D eigenvalue weighted by molar-refractivity contribution is -0.135. The van der Waals surface area contributed by atoms with Gasteiger partial charge in [-0.2, -0.15) is 11.8 Å². The van der Waals surface area contributed by atoms with Crippen LogP contribution in [0.5, 0.6) is 0 Å². The van der Waals surface area contributed by atoms with Crippen molar-refractivity contribution in [3.63, 3.8) is 0 Å². The van der Waals surface area contributed by atoms with Crippen LogP contribution in [0.15, 0.2) is 12.2 Å². The van der Waals surface area contributed by atoms with Crippen LogP contribution in [0, 0.1) is 0 Å². The molecule has 0 spiro atoms. The molecule has 17 heavy (non-hydrogen) atoms. The van der Waals surface area contributed by atoms with Gasteiger partial charge in [-0.1, -0.05) is 12.2 Å². The van der Waals surface area contributed by atoms with E-state index in [9.17, 15) is 4.79 Å². The molecule has 0 N–H and O–H groups in total. The van der Waals surface area contributed by atoms with Gasteiger partial charge in [0, 0.05) is 37.7 Å². The molecule has 1 rings (SSSR count). The zero-order valence-electron chi connectivity index (χ0n) is 11.2. The number of hydrogen-bond acceptors (Lipinski definition) is 3. The van der Waals surface area contributed by atoms with Crippen molar-refractivity contribution in [2.75, 3.05) is 37.7 Å². The Morgan fingerprint density at radius 2 is 2.06 bits per heavy atom. The van der Waals surface area contributed by atoms with Crippen LogP contribution in [0.2, 0.25) is 0 Å². The number of carbonyl (C=O) groups is 1. The summed E-state index contributed by atoms with van der Waals surface area (Å²) in [5.74, 6) is 2.52. The van der Waals surface area contributed by atoms with E-state index in [1.54, 1.807) is 0 Å². The van der Waals surface area contributed by atoms with Crippen molar-refractivity contribution >= 4 is 17.7 Å². The summed E-state index contributed by atoms with van der Waals surface area (Å²) in [6.45, 7) is 13.4. The van der Waals surface area contributed by atoms with Gasteiger partial charge in [0.05, 0.1) is 6.04 Å². The molecule has 1 heterocycles. The molecule has 4 heteroatoms. The van der Waals surface area contributed by atoms with Gasteiger partial charge in [-0.05, 0) is 20.8 Å². The Labute approximate surface area is 109 Å². The molecule has 3 nitrogen and oxygen atoms in total. The Morgan fingerprint density at radius 3 is 2.53 bits per heavy atom. The molecule has 1 unspecified atom stereocenters. The zero-order chi connectivity index (χ0) is 12.8. The van der Waals surface area contributed by atoms with Crippen LogP contribution < -0.4 is 0 Å². The summed E-state index contributed by atoms with van der Waals surface area (Å²) < 4.78 is 0. The summed E-state index contributed by atoms with van der Waals surface area (Å²) in [5.41, 5.74) is 1.04. The minimum absolute atomic E-state index is 0.00944. The highest BCUT2D eigenvalue weighted by molar-refractivity contribution is 7.99. The highest BCUT2D eigenvalue weighted by Gasteiger charge is 2.26. The van der Waals surface area contributed by atoms with E-state index < -0.39 is 0 Å². The van der Waals surface area contributed by atoms with Crippen molar-refractivity contribution in [3.05, 3.63) is 12.2 Å². The number of amides is 1. The second-order valence-corrected chi connectivity index (χ2v) is 5.86. The first-order valence-electron chi connectivity index (χ1n) is 6.31. The molecule has 1 aliphatic heterocycles. The van der Waals surface area contributed by atoms with Crippen molar-refractivity contribution in [1.29, 1.82) is 0 Å². The Bertz CT molecular complexity index is 275. The molecule has 0 aromatic heterocycles. The lowest BCUT2D eigenvalue weighted by atomic mass is 10.2. The number of rotatable bonds is 5. The monoisotopic (exact) mass is 256 g/mol. The molecule has 0 saturated carbocycles. The molecule has 0 aliphatic carbocycles. The summed E-state index contributed by atoms with van der Waals surface area (Å²) >= 11 is 1.97. The van der Waals surface area contributed by atoms with Crippen molar-refractivity contribution in [1.82, 2.24) is 9.80 Å². The third-order valence-corrected chi connectivity index (χ3v) is 4.05. The molecular formula is C13H24N2OS. The van der Waals surface area contributed by atoms with Gasteiger partial charge in [0.25, 0.3) is 0 Å². The predicted molar refractivity (Wildman–Crippen MR) is 75.4 cm³/mol. The summed E-state index contributed by atoms with van der Waals surface area (Å²) in [6, 6.07) is 0.00944. The van der Waals surface area contributed by atoms with Crippen LogP contribution in [0.1, 0.15) is 20.8 Å². The summed E-state index contributed by atoms with van der Waals surface area (Å²) in [4.78, 5) is 16.5. The standard InChI is InChI=1S/C13H24N2OS/c1-5-14(10-11(2)3)13(16)12(4)15-6-8-17-9-7-15/h12H,2,5-10H2,1,3-4H3. The molecular weight excluding hydrogens is 232 g/mol. The molecule has 1 fully saturated rings. The van der Waals surface area contributed by atoms with Gasteiger partial charge in [0.2, 0.25) is 5.91 Å². The Kier molecular flexibility index (Phi) is 6.06. The van der Waals surface area contributed by atoms with Crippen LogP contribution in [0.4, 0.5) is 0 Å². The first-order valence-corrected chi connectivity index (χ1v) is 7.46. The Balaban J connectivity index is 2.56. The van der Waals surface area contributed by atoms with Gasteiger partial charge >= 0.3 is 0 Å². The quantitative estimate of drug-likeness (QED) is 0.701. The van der Waals surface area contributed by atoms with Gasteiger partial charge in [-0.15, -0.1) is 0 Å². The maximum atomic E-state index is 12.3. The fraction of sp³-hybridized carbons (Fsp3) is 0.769. The minimum atomic E-state index is 0.00944. The van der Waals surface area contributed by atoms with Crippen molar-refractivity contribution < 1.29 is 4.79 Å². The van der Waals surface area contributed by atoms with Crippen LogP contribution in [0.3, 0.4) is 0 Å². The van der Waals surface area contributed by atoms with Gasteiger partial charge in [0.15, 0.2) is 0 Å². The average molecular weight is 256 g/mol. The molecule has 0 aromatic carbocycles. The molecule has 0 bridgehead atoms. The fourth-order valence-corrected chi connectivity index (χ4v) is 2.99. The Hall–Kier alpha value is -0.480.